The number of amides is 1. The summed E-state index contributed by atoms with van der Waals surface area (Å²) in [5.41, 5.74) is 0.191. The fraction of sp³-hybridized carbons (Fsp3) is 0.667. The van der Waals surface area contributed by atoms with Gasteiger partial charge in [-0.15, -0.1) is 0 Å². The molecule has 0 spiro atoms. The van der Waals surface area contributed by atoms with Gasteiger partial charge in [-0.1, -0.05) is 6.07 Å². The SMILES string of the molecule is CC1(C)C(=O)N(C2C3CC4CC(C3)CC2C4)C1c1ccc(F)c(F)c1. The van der Waals surface area contributed by atoms with Gasteiger partial charge in [0.05, 0.1) is 11.5 Å². The number of likely N-dealkylation sites (tertiary alicyclic amines) is 1. The highest BCUT2D eigenvalue weighted by atomic mass is 19.2. The Morgan fingerprint density at radius 2 is 1.56 bits per heavy atom. The van der Waals surface area contributed by atoms with Gasteiger partial charge in [0.2, 0.25) is 5.91 Å². The number of hydrogen-bond acceptors (Lipinski definition) is 1. The first-order valence-corrected chi connectivity index (χ1v) is 9.64. The molecule has 1 aromatic carbocycles. The molecule has 5 aliphatic rings. The van der Waals surface area contributed by atoms with E-state index in [1.165, 1.54) is 44.2 Å². The summed E-state index contributed by atoms with van der Waals surface area (Å²) in [6, 6.07) is 4.29. The molecular formula is C21H25F2NO. The van der Waals surface area contributed by atoms with Gasteiger partial charge in [0, 0.05) is 6.04 Å². The number of carbonyl (C=O) groups excluding carboxylic acids is 1. The van der Waals surface area contributed by atoms with E-state index in [1.807, 2.05) is 13.8 Å². The first-order chi connectivity index (χ1) is 11.9. The number of hydrogen-bond donors (Lipinski definition) is 0. The normalized spacial score (nSPS) is 41.1. The summed E-state index contributed by atoms with van der Waals surface area (Å²) in [5.74, 6) is 1.44. The molecule has 1 saturated heterocycles. The highest BCUT2D eigenvalue weighted by molar-refractivity contribution is 5.90. The molecule has 1 aliphatic heterocycles. The molecular weight excluding hydrogens is 320 g/mol. The zero-order valence-electron chi connectivity index (χ0n) is 14.8. The lowest BCUT2D eigenvalue weighted by atomic mass is 9.52. The van der Waals surface area contributed by atoms with Gasteiger partial charge < -0.3 is 4.90 Å². The lowest BCUT2D eigenvalue weighted by molar-refractivity contribution is -0.191. The van der Waals surface area contributed by atoms with Crippen LogP contribution >= 0.6 is 0 Å². The topological polar surface area (TPSA) is 20.3 Å². The van der Waals surface area contributed by atoms with Crippen LogP contribution in [0.25, 0.3) is 0 Å². The van der Waals surface area contributed by atoms with Crippen LogP contribution in [0.4, 0.5) is 8.78 Å². The standard InChI is InChI=1S/C21H25F2NO/c1-21(2)19(13-3-4-16(22)17(23)10-13)24(20(21)25)18-14-6-11-5-12(8-14)9-15(18)7-11/h3-4,10-12,14-15,18-19H,5-9H2,1-2H3. The highest BCUT2D eigenvalue weighted by Gasteiger charge is 2.62. The molecule has 0 aromatic heterocycles. The Morgan fingerprint density at radius 1 is 0.960 bits per heavy atom. The smallest absolute Gasteiger partial charge is 0.231 e. The maximum Gasteiger partial charge on any atom is 0.231 e. The molecule has 25 heavy (non-hydrogen) atoms. The predicted octanol–water partition coefficient (Wildman–Crippen LogP) is 4.70. The van der Waals surface area contributed by atoms with Crippen LogP contribution in [0, 0.1) is 40.7 Å². The molecule has 0 radical (unpaired) electrons. The second-order valence-electron chi connectivity index (χ2n) is 9.43. The summed E-state index contributed by atoms with van der Waals surface area (Å²) in [6.45, 7) is 3.88. The van der Waals surface area contributed by atoms with Crippen molar-refractivity contribution in [2.45, 2.75) is 58.0 Å². The fourth-order valence-electron chi connectivity index (χ4n) is 6.77. The van der Waals surface area contributed by atoms with Crippen LogP contribution in [-0.4, -0.2) is 16.8 Å². The summed E-state index contributed by atoms with van der Waals surface area (Å²) in [4.78, 5) is 15.1. The quantitative estimate of drug-likeness (QED) is 0.712. The maximum absolute atomic E-state index is 13.8. The first-order valence-electron chi connectivity index (χ1n) is 9.64. The van der Waals surface area contributed by atoms with E-state index in [1.54, 1.807) is 6.07 Å². The van der Waals surface area contributed by atoms with E-state index in [2.05, 4.69) is 4.90 Å². The number of carbonyl (C=O) groups is 1. The van der Waals surface area contributed by atoms with E-state index >= 15 is 0 Å². The summed E-state index contributed by atoms with van der Waals surface area (Å²) in [5, 5.41) is 0. The van der Waals surface area contributed by atoms with Gasteiger partial charge in [-0.2, -0.15) is 0 Å². The van der Waals surface area contributed by atoms with Crippen LogP contribution in [0.15, 0.2) is 18.2 Å². The van der Waals surface area contributed by atoms with Gasteiger partial charge in [0.25, 0.3) is 0 Å². The van der Waals surface area contributed by atoms with Crippen molar-refractivity contribution in [3.8, 4) is 0 Å². The van der Waals surface area contributed by atoms with Gasteiger partial charge in [-0.05, 0) is 87.3 Å². The van der Waals surface area contributed by atoms with E-state index < -0.39 is 17.0 Å². The Hall–Kier alpha value is -1.45. The summed E-state index contributed by atoms with van der Waals surface area (Å²) in [6.07, 6.45) is 6.35. The third-order valence-corrected chi connectivity index (χ3v) is 7.51. The zero-order valence-corrected chi connectivity index (χ0v) is 14.8. The fourth-order valence-corrected chi connectivity index (χ4v) is 6.77. The second-order valence-corrected chi connectivity index (χ2v) is 9.43. The van der Waals surface area contributed by atoms with Gasteiger partial charge in [0.1, 0.15) is 0 Å². The Morgan fingerprint density at radius 3 is 2.12 bits per heavy atom. The molecule has 0 N–H and O–H groups in total. The number of nitrogens with zero attached hydrogens (tertiary/aromatic N) is 1. The van der Waals surface area contributed by atoms with Crippen LogP contribution in [0.1, 0.15) is 57.6 Å². The first kappa shape index (κ1) is 15.8. The minimum absolute atomic E-state index is 0.141. The van der Waals surface area contributed by atoms with Crippen LogP contribution in [-0.2, 0) is 4.79 Å². The van der Waals surface area contributed by atoms with E-state index in [0.717, 1.165) is 17.4 Å². The molecule has 4 bridgehead atoms. The maximum atomic E-state index is 13.8. The van der Waals surface area contributed by atoms with Crippen molar-refractivity contribution in [1.82, 2.24) is 4.90 Å². The number of rotatable bonds is 2. The van der Waals surface area contributed by atoms with Crippen LogP contribution in [0.5, 0.6) is 0 Å². The minimum atomic E-state index is -0.826. The van der Waals surface area contributed by atoms with Crippen molar-refractivity contribution in [3.05, 3.63) is 35.4 Å². The molecule has 4 heteroatoms. The number of benzene rings is 1. The Bertz CT molecular complexity index is 715. The zero-order chi connectivity index (χ0) is 17.5. The monoisotopic (exact) mass is 345 g/mol. The lowest BCUT2D eigenvalue weighted by Gasteiger charge is -2.64. The largest absolute Gasteiger partial charge is 0.330 e. The van der Waals surface area contributed by atoms with Gasteiger partial charge in [0.15, 0.2) is 11.6 Å². The van der Waals surface area contributed by atoms with Crippen molar-refractivity contribution < 1.29 is 13.6 Å². The van der Waals surface area contributed by atoms with Gasteiger partial charge >= 0.3 is 0 Å². The summed E-state index contributed by atoms with van der Waals surface area (Å²) < 4.78 is 27.2. The Labute approximate surface area is 147 Å². The van der Waals surface area contributed by atoms with Crippen molar-refractivity contribution in [2.75, 3.05) is 0 Å². The second kappa shape index (κ2) is 5.05. The van der Waals surface area contributed by atoms with E-state index in [9.17, 15) is 13.6 Å². The van der Waals surface area contributed by atoms with Crippen LogP contribution in [0.2, 0.25) is 0 Å². The minimum Gasteiger partial charge on any atom is -0.330 e. The van der Waals surface area contributed by atoms with Gasteiger partial charge in [-0.25, -0.2) is 8.78 Å². The Balaban J connectivity index is 1.51. The molecule has 1 atom stereocenters. The van der Waals surface area contributed by atoms with Crippen molar-refractivity contribution in [3.63, 3.8) is 0 Å². The van der Waals surface area contributed by atoms with Crippen LogP contribution < -0.4 is 0 Å². The molecule has 134 valence electrons. The third-order valence-electron chi connectivity index (χ3n) is 7.51. The number of β-lactam (4-membered cyclic amide) rings is 1. The van der Waals surface area contributed by atoms with Crippen molar-refractivity contribution in [2.24, 2.45) is 29.1 Å². The molecule has 5 fully saturated rings. The van der Waals surface area contributed by atoms with Crippen molar-refractivity contribution in [1.29, 1.82) is 0 Å². The molecule has 1 amide bonds. The lowest BCUT2D eigenvalue weighted by Crippen LogP contribution is -2.69. The Kier molecular flexibility index (Phi) is 3.19. The molecule has 4 saturated carbocycles. The molecule has 4 aliphatic carbocycles. The van der Waals surface area contributed by atoms with Crippen LogP contribution in [0.3, 0.4) is 0 Å². The molecule has 1 heterocycles. The number of halogens is 2. The third kappa shape index (κ3) is 2.09. The molecule has 1 aromatic rings. The summed E-state index contributed by atoms with van der Waals surface area (Å²) in [7, 11) is 0. The van der Waals surface area contributed by atoms with E-state index in [4.69, 9.17) is 0 Å². The van der Waals surface area contributed by atoms with E-state index in [0.29, 0.717) is 17.9 Å². The highest BCUT2D eigenvalue weighted by Crippen LogP contribution is 2.60. The molecule has 6 rings (SSSR count). The average Bonchev–Trinajstić information content (AvgIpc) is 2.55. The summed E-state index contributed by atoms with van der Waals surface area (Å²) >= 11 is 0. The van der Waals surface area contributed by atoms with Crippen molar-refractivity contribution >= 4 is 5.91 Å². The predicted molar refractivity (Wildman–Crippen MR) is 90.6 cm³/mol. The average molecular weight is 345 g/mol. The molecule has 2 nitrogen and oxygen atoms in total. The van der Waals surface area contributed by atoms with E-state index in [-0.39, 0.29) is 11.9 Å². The molecule has 1 unspecified atom stereocenters. The van der Waals surface area contributed by atoms with Gasteiger partial charge in [-0.3, -0.25) is 4.79 Å².